The highest BCUT2D eigenvalue weighted by atomic mass is 127. The molecule has 1 aromatic carbocycles. The number of ether oxygens (including phenoxy) is 1. The van der Waals surface area contributed by atoms with Crippen LogP contribution in [0.4, 0.5) is 4.39 Å². The molecule has 5 nitrogen and oxygen atoms in total. The van der Waals surface area contributed by atoms with Crippen LogP contribution < -0.4 is 15.4 Å². The molecule has 0 aliphatic rings. The van der Waals surface area contributed by atoms with Crippen LogP contribution in [0.2, 0.25) is 0 Å². The summed E-state index contributed by atoms with van der Waals surface area (Å²) in [7, 11) is 3.16. The first-order valence-electron chi connectivity index (χ1n) is 7.81. The van der Waals surface area contributed by atoms with Gasteiger partial charge in [0, 0.05) is 18.1 Å². The number of aromatic nitrogens is 1. The zero-order chi connectivity index (χ0) is 17.5. The number of thiazole rings is 1. The van der Waals surface area contributed by atoms with Gasteiger partial charge in [0.2, 0.25) is 0 Å². The number of nitrogens with one attached hydrogen (secondary N) is 2. The van der Waals surface area contributed by atoms with E-state index in [1.807, 2.05) is 19.2 Å². The molecule has 1 heterocycles. The lowest BCUT2D eigenvalue weighted by Gasteiger charge is -2.18. The number of nitrogens with zero attached hydrogens (tertiary/aromatic N) is 2. The van der Waals surface area contributed by atoms with Gasteiger partial charge in [0.1, 0.15) is 5.01 Å². The van der Waals surface area contributed by atoms with Crippen molar-refractivity contribution in [2.45, 2.75) is 32.9 Å². The fourth-order valence-corrected chi connectivity index (χ4v) is 2.99. The molecule has 0 fully saturated rings. The SMILES string of the molecule is CCc1cnc(CNC(=NC)NC(C)c2ccc(OC)c(F)c2)s1.I. The smallest absolute Gasteiger partial charge is 0.191 e. The number of benzene rings is 1. The highest BCUT2D eigenvalue weighted by Gasteiger charge is 2.11. The molecule has 0 spiro atoms. The van der Waals surface area contributed by atoms with Crippen LogP contribution in [0, 0.1) is 5.82 Å². The van der Waals surface area contributed by atoms with E-state index in [2.05, 4.69) is 27.5 Å². The second-order valence-corrected chi connectivity index (χ2v) is 6.46. The maximum absolute atomic E-state index is 13.8. The Balaban J connectivity index is 0.00000312. The molecule has 0 saturated carbocycles. The van der Waals surface area contributed by atoms with Crippen molar-refractivity contribution < 1.29 is 9.13 Å². The molecule has 1 unspecified atom stereocenters. The molecule has 25 heavy (non-hydrogen) atoms. The minimum atomic E-state index is -0.374. The Morgan fingerprint density at radius 2 is 2.20 bits per heavy atom. The summed E-state index contributed by atoms with van der Waals surface area (Å²) in [5, 5.41) is 7.49. The monoisotopic (exact) mass is 478 g/mol. The Bertz CT molecular complexity index is 708. The molecule has 8 heteroatoms. The van der Waals surface area contributed by atoms with Crippen LogP contribution in [-0.4, -0.2) is 25.1 Å². The van der Waals surface area contributed by atoms with Gasteiger partial charge in [0.05, 0.1) is 19.7 Å². The molecule has 1 aromatic heterocycles. The van der Waals surface area contributed by atoms with E-state index in [9.17, 15) is 4.39 Å². The second-order valence-electron chi connectivity index (χ2n) is 5.26. The number of guanidine groups is 1. The Morgan fingerprint density at radius 3 is 2.76 bits per heavy atom. The summed E-state index contributed by atoms with van der Waals surface area (Å²) in [6, 6.07) is 4.83. The van der Waals surface area contributed by atoms with Crippen molar-refractivity contribution >= 4 is 41.3 Å². The Kier molecular flexibility index (Phi) is 9.12. The van der Waals surface area contributed by atoms with Gasteiger partial charge in [-0.2, -0.15) is 0 Å². The Morgan fingerprint density at radius 1 is 1.44 bits per heavy atom. The minimum absolute atomic E-state index is 0. The average molecular weight is 478 g/mol. The van der Waals surface area contributed by atoms with Crippen LogP contribution in [0.15, 0.2) is 29.4 Å². The third kappa shape index (κ3) is 6.10. The van der Waals surface area contributed by atoms with E-state index in [0.29, 0.717) is 12.5 Å². The number of methoxy groups -OCH3 is 1. The molecule has 0 bridgehead atoms. The zero-order valence-electron chi connectivity index (χ0n) is 14.8. The molecule has 0 amide bonds. The normalized spacial score (nSPS) is 12.3. The molecule has 2 rings (SSSR count). The largest absolute Gasteiger partial charge is 0.494 e. The maximum Gasteiger partial charge on any atom is 0.191 e. The Hall–Kier alpha value is -1.42. The molecule has 0 aliphatic heterocycles. The van der Waals surface area contributed by atoms with Crippen LogP contribution >= 0.6 is 35.3 Å². The highest BCUT2D eigenvalue weighted by Crippen LogP contribution is 2.21. The molecule has 0 radical (unpaired) electrons. The van der Waals surface area contributed by atoms with E-state index >= 15 is 0 Å². The van der Waals surface area contributed by atoms with Gasteiger partial charge >= 0.3 is 0 Å². The van der Waals surface area contributed by atoms with E-state index < -0.39 is 0 Å². The van der Waals surface area contributed by atoms with Crippen LogP contribution in [0.3, 0.4) is 0 Å². The maximum atomic E-state index is 13.8. The predicted octanol–water partition coefficient (Wildman–Crippen LogP) is 3.90. The molecule has 0 aliphatic carbocycles. The van der Waals surface area contributed by atoms with Crippen molar-refractivity contribution in [3.63, 3.8) is 0 Å². The van der Waals surface area contributed by atoms with Crippen molar-refractivity contribution in [1.82, 2.24) is 15.6 Å². The van der Waals surface area contributed by atoms with E-state index in [1.54, 1.807) is 24.5 Å². The van der Waals surface area contributed by atoms with Crippen molar-refractivity contribution in [3.05, 3.63) is 45.7 Å². The summed E-state index contributed by atoms with van der Waals surface area (Å²) in [6.07, 6.45) is 2.89. The first-order valence-corrected chi connectivity index (χ1v) is 8.63. The lowest BCUT2D eigenvalue weighted by Crippen LogP contribution is -2.38. The molecule has 1 atom stereocenters. The number of rotatable bonds is 6. The molecular weight excluding hydrogens is 454 g/mol. The van der Waals surface area contributed by atoms with Crippen LogP contribution in [0.25, 0.3) is 0 Å². The van der Waals surface area contributed by atoms with E-state index in [1.165, 1.54) is 18.1 Å². The Labute approximate surface area is 169 Å². The fourth-order valence-electron chi connectivity index (χ4n) is 2.19. The van der Waals surface area contributed by atoms with Gasteiger partial charge in [-0.3, -0.25) is 4.99 Å². The molecule has 2 N–H and O–H groups in total. The predicted molar refractivity (Wildman–Crippen MR) is 112 cm³/mol. The van der Waals surface area contributed by atoms with Crippen LogP contribution in [-0.2, 0) is 13.0 Å². The fraction of sp³-hybridized carbons (Fsp3) is 0.412. The third-order valence-electron chi connectivity index (χ3n) is 3.61. The number of halogens is 2. The van der Waals surface area contributed by atoms with Crippen molar-refractivity contribution in [3.8, 4) is 5.75 Å². The van der Waals surface area contributed by atoms with Crippen molar-refractivity contribution in [2.75, 3.05) is 14.2 Å². The zero-order valence-corrected chi connectivity index (χ0v) is 17.9. The summed E-state index contributed by atoms with van der Waals surface area (Å²) >= 11 is 1.69. The summed E-state index contributed by atoms with van der Waals surface area (Å²) in [4.78, 5) is 9.84. The average Bonchev–Trinajstić information content (AvgIpc) is 3.06. The molecule has 2 aromatic rings. The summed E-state index contributed by atoms with van der Waals surface area (Å²) in [5.41, 5.74) is 0.818. The van der Waals surface area contributed by atoms with E-state index in [4.69, 9.17) is 4.74 Å². The van der Waals surface area contributed by atoms with Gasteiger partial charge in [0.25, 0.3) is 0 Å². The summed E-state index contributed by atoms with van der Waals surface area (Å²) in [6.45, 7) is 4.67. The summed E-state index contributed by atoms with van der Waals surface area (Å²) in [5.74, 6) is 0.511. The van der Waals surface area contributed by atoms with Gasteiger partial charge in [-0.05, 0) is 31.0 Å². The second kappa shape index (κ2) is 10.5. The van der Waals surface area contributed by atoms with E-state index in [0.717, 1.165) is 17.0 Å². The van der Waals surface area contributed by atoms with Crippen LogP contribution in [0.1, 0.15) is 35.3 Å². The number of hydrogen-bond acceptors (Lipinski definition) is 4. The lowest BCUT2D eigenvalue weighted by atomic mass is 10.1. The van der Waals surface area contributed by atoms with Gasteiger partial charge in [-0.1, -0.05) is 13.0 Å². The standard InChI is InChI=1S/C17H23FN4OS.HI/c1-5-13-9-20-16(24-13)10-21-17(19-3)22-11(2)12-6-7-15(23-4)14(18)8-12;/h6-9,11H,5,10H2,1-4H3,(H2,19,21,22);1H. The highest BCUT2D eigenvalue weighted by molar-refractivity contribution is 14.0. The quantitative estimate of drug-likeness (QED) is 0.376. The summed E-state index contributed by atoms with van der Waals surface area (Å²) < 4.78 is 18.8. The number of aliphatic imine (C=N–C) groups is 1. The van der Waals surface area contributed by atoms with E-state index in [-0.39, 0.29) is 41.6 Å². The molecular formula is C17H24FIN4OS. The first kappa shape index (κ1) is 21.6. The molecule has 0 saturated heterocycles. The van der Waals surface area contributed by atoms with Crippen LogP contribution in [0.5, 0.6) is 5.75 Å². The van der Waals surface area contributed by atoms with Gasteiger partial charge in [0.15, 0.2) is 17.5 Å². The minimum Gasteiger partial charge on any atom is -0.494 e. The van der Waals surface area contributed by atoms with Crippen molar-refractivity contribution in [1.29, 1.82) is 0 Å². The number of hydrogen-bond donors (Lipinski definition) is 2. The van der Waals surface area contributed by atoms with Gasteiger partial charge in [-0.15, -0.1) is 35.3 Å². The van der Waals surface area contributed by atoms with Gasteiger partial charge in [-0.25, -0.2) is 9.37 Å². The lowest BCUT2D eigenvalue weighted by molar-refractivity contribution is 0.386. The first-order chi connectivity index (χ1) is 11.6. The number of aryl methyl sites for hydroxylation is 1. The molecule has 138 valence electrons. The van der Waals surface area contributed by atoms with Gasteiger partial charge < -0.3 is 15.4 Å². The topological polar surface area (TPSA) is 58.5 Å². The van der Waals surface area contributed by atoms with Crippen molar-refractivity contribution in [2.24, 2.45) is 4.99 Å². The third-order valence-corrected chi connectivity index (χ3v) is 4.75.